The molecule has 1 atom stereocenters. The summed E-state index contributed by atoms with van der Waals surface area (Å²) in [4.78, 5) is 17.1. The van der Waals surface area contributed by atoms with Gasteiger partial charge in [-0.25, -0.2) is 8.78 Å². The SMILES string of the molecule is NC(=O)c1cnccc1N[C@@H]1CCN(c2ccc(F)cc2F)C1. The third-order valence-electron chi connectivity index (χ3n) is 3.88. The Kier molecular flexibility index (Phi) is 4.10. The Balaban J connectivity index is 1.72. The maximum absolute atomic E-state index is 13.9. The van der Waals surface area contributed by atoms with Crippen LogP contribution in [0, 0.1) is 11.6 Å². The first-order chi connectivity index (χ1) is 11.0. The van der Waals surface area contributed by atoms with Gasteiger partial charge in [0, 0.05) is 37.6 Å². The summed E-state index contributed by atoms with van der Waals surface area (Å²) in [5.41, 5.74) is 6.63. The van der Waals surface area contributed by atoms with Crippen LogP contribution >= 0.6 is 0 Å². The number of nitrogens with zero attached hydrogens (tertiary/aromatic N) is 2. The van der Waals surface area contributed by atoms with Crippen LogP contribution in [0.3, 0.4) is 0 Å². The summed E-state index contributed by atoms with van der Waals surface area (Å²) in [7, 11) is 0. The molecular weight excluding hydrogens is 302 g/mol. The van der Waals surface area contributed by atoms with E-state index < -0.39 is 17.5 Å². The molecule has 1 fully saturated rings. The van der Waals surface area contributed by atoms with E-state index in [0.29, 0.717) is 30.0 Å². The minimum absolute atomic E-state index is 0.0277. The molecule has 1 aromatic carbocycles. The largest absolute Gasteiger partial charge is 0.380 e. The Hall–Kier alpha value is -2.70. The van der Waals surface area contributed by atoms with Crippen molar-refractivity contribution < 1.29 is 13.6 Å². The summed E-state index contributed by atoms with van der Waals surface area (Å²) in [5.74, 6) is -1.73. The van der Waals surface area contributed by atoms with Crippen LogP contribution in [0.5, 0.6) is 0 Å². The third kappa shape index (κ3) is 3.23. The monoisotopic (exact) mass is 318 g/mol. The molecule has 3 N–H and O–H groups in total. The minimum Gasteiger partial charge on any atom is -0.380 e. The van der Waals surface area contributed by atoms with Gasteiger partial charge in [-0.2, -0.15) is 0 Å². The predicted molar refractivity (Wildman–Crippen MR) is 83.4 cm³/mol. The second kappa shape index (κ2) is 6.20. The van der Waals surface area contributed by atoms with Gasteiger partial charge in [0.1, 0.15) is 11.6 Å². The number of hydrogen-bond acceptors (Lipinski definition) is 4. The van der Waals surface area contributed by atoms with Gasteiger partial charge < -0.3 is 16.0 Å². The van der Waals surface area contributed by atoms with Gasteiger partial charge in [0.05, 0.1) is 16.9 Å². The molecule has 0 radical (unpaired) electrons. The molecule has 23 heavy (non-hydrogen) atoms. The topological polar surface area (TPSA) is 71.2 Å². The maximum Gasteiger partial charge on any atom is 0.252 e. The number of anilines is 2. The highest BCUT2D eigenvalue weighted by Crippen LogP contribution is 2.26. The molecule has 3 rings (SSSR count). The molecule has 2 aromatic rings. The average molecular weight is 318 g/mol. The Morgan fingerprint density at radius 1 is 1.35 bits per heavy atom. The summed E-state index contributed by atoms with van der Waals surface area (Å²) in [5, 5.41) is 3.24. The fourth-order valence-corrected chi connectivity index (χ4v) is 2.77. The molecule has 0 saturated carbocycles. The molecule has 1 aromatic heterocycles. The van der Waals surface area contributed by atoms with Crippen LogP contribution in [0.25, 0.3) is 0 Å². The number of benzene rings is 1. The Morgan fingerprint density at radius 3 is 2.91 bits per heavy atom. The van der Waals surface area contributed by atoms with Crippen molar-refractivity contribution in [1.82, 2.24) is 4.98 Å². The number of aromatic nitrogens is 1. The van der Waals surface area contributed by atoms with Crippen LogP contribution in [-0.4, -0.2) is 30.0 Å². The van der Waals surface area contributed by atoms with Gasteiger partial charge >= 0.3 is 0 Å². The first-order valence-electron chi connectivity index (χ1n) is 7.25. The molecule has 0 aliphatic carbocycles. The van der Waals surface area contributed by atoms with Crippen molar-refractivity contribution in [2.45, 2.75) is 12.5 Å². The van der Waals surface area contributed by atoms with Gasteiger partial charge in [-0.15, -0.1) is 0 Å². The van der Waals surface area contributed by atoms with E-state index in [4.69, 9.17) is 5.73 Å². The second-order valence-corrected chi connectivity index (χ2v) is 5.46. The van der Waals surface area contributed by atoms with Gasteiger partial charge in [-0.3, -0.25) is 9.78 Å². The molecule has 1 saturated heterocycles. The van der Waals surface area contributed by atoms with Crippen LogP contribution in [0.1, 0.15) is 16.8 Å². The van der Waals surface area contributed by atoms with E-state index in [-0.39, 0.29) is 6.04 Å². The predicted octanol–water partition coefficient (Wildman–Crippen LogP) is 2.15. The molecule has 7 heteroatoms. The van der Waals surface area contributed by atoms with Crippen LogP contribution in [-0.2, 0) is 0 Å². The van der Waals surface area contributed by atoms with Crippen molar-refractivity contribution in [3.05, 3.63) is 53.9 Å². The summed E-state index contributed by atoms with van der Waals surface area (Å²) >= 11 is 0. The maximum atomic E-state index is 13.9. The highest BCUT2D eigenvalue weighted by atomic mass is 19.1. The van der Waals surface area contributed by atoms with E-state index in [1.54, 1.807) is 12.3 Å². The molecule has 0 unspecified atom stereocenters. The standard InChI is InChI=1S/C16H16F2N4O/c17-10-1-2-15(13(18)7-10)22-6-4-11(9-22)21-14-3-5-20-8-12(14)16(19)23/h1-3,5,7-8,11H,4,6,9H2,(H2,19,23)(H,20,21)/t11-/m1/s1. The molecule has 2 heterocycles. The molecule has 5 nitrogen and oxygen atoms in total. The average Bonchev–Trinajstić information content (AvgIpc) is 2.96. The molecule has 0 spiro atoms. The van der Waals surface area contributed by atoms with Gasteiger partial charge in [0.25, 0.3) is 5.91 Å². The van der Waals surface area contributed by atoms with Crippen LogP contribution < -0.4 is 16.0 Å². The minimum atomic E-state index is -0.594. The lowest BCUT2D eigenvalue weighted by Crippen LogP contribution is -2.27. The number of rotatable bonds is 4. The van der Waals surface area contributed by atoms with Crippen LogP contribution in [0.15, 0.2) is 36.7 Å². The highest BCUT2D eigenvalue weighted by Gasteiger charge is 2.25. The molecule has 120 valence electrons. The molecule has 1 aliphatic heterocycles. The van der Waals surface area contributed by atoms with Crippen LogP contribution in [0.2, 0.25) is 0 Å². The third-order valence-corrected chi connectivity index (χ3v) is 3.88. The molecule has 0 bridgehead atoms. The lowest BCUT2D eigenvalue weighted by molar-refractivity contribution is 0.100. The second-order valence-electron chi connectivity index (χ2n) is 5.46. The lowest BCUT2D eigenvalue weighted by atomic mass is 10.2. The zero-order valence-electron chi connectivity index (χ0n) is 12.3. The van der Waals surface area contributed by atoms with E-state index in [2.05, 4.69) is 10.3 Å². The van der Waals surface area contributed by atoms with E-state index in [9.17, 15) is 13.6 Å². The quantitative estimate of drug-likeness (QED) is 0.906. The number of carbonyl (C=O) groups is 1. The van der Waals surface area contributed by atoms with Crippen molar-refractivity contribution in [2.24, 2.45) is 5.73 Å². The fourth-order valence-electron chi connectivity index (χ4n) is 2.77. The van der Waals surface area contributed by atoms with Gasteiger partial charge in [-0.1, -0.05) is 0 Å². The number of nitrogens with two attached hydrogens (primary N) is 1. The van der Waals surface area contributed by atoms with Crippen LogP contribution in [0.4, 0.5) is 20.2 Å². The van der Waals surface area contributed by atoms with Crippen molar-refractivity contribution in [3.8, 4) is 0 Å². The Labute approximate surface area is 132 Å². The first-order valence-corrected chi connectivity index (χ1v) is 7.25. The van der Waals surface area contributed by atoms with E-state index >= 15 is 0 Å². The van der Waals surface area contributed by atoms with E-state index in [0.717, 1.165) is 12.5 Å². The lowest BCUT2D eigenvalue weighted by Gasteiger charge is -2.20. The van der Waals surface area contributed by atoms with Gasteiger partial charge in [-0.05, 0) is 24.6 Å². The van der Waals surface area contributed by atoms with Crippen molar-refractivity contribution >= 4 is 17.3 Å². The Morgan fingerprint density at radius 2 is 2.17 bits per heavy atom. The van der Waals surface area contributed by atoms with Crippen molar-refractivity contribution in [1.29, 1.82) is 0 Å². The fraction of sp³-hybridized carbons (Fsp3) is 0.250. The number of hydrogen-bond donors (Lipinski definition) is 2. The zero-order chi connectivity index (χ0) is 16.4. The summed E-state index contributed by atoms with van der Waals surface area (Å²) in [6.45, 7) is 1.18. The van der Waals surface area contributed by atoms with Crippen molar-refractivity contribution in [3.63, 3.8) is 0 Å². The summed E-state index contributed by atoms with van der Waals surface area (Å²) < 4.78 is 26.9. The normalized spacial score (nSPS) is 17.3. The summed E-state index contributed by atoms with van der Waals surface area (Å²) in [6, 6.07) is 5.27. The van der Waals surface area contributed by atoms with Gasteiger partial charge in [0.2, 0.25) is 0 Å². The highest BCUT2D eigenvalue weighted by molar-refractivity contribution is 5.98. The number of carbonyl (C=O) groups excluding carboxylic acids is 1. The molecular formula is C16H16F2N4O. The van der Waals surface area contributed by atoms with E-state index in [1.165, 1.54) is 18.3 Å². The van der Waals surface area contributed by atoms with E-state index in [1.807, 2.05) is 4.90 Å². The van der Waals surface area contributed by atoms with Gasteiger partial charge in [0.15, 0.2) is 0 Å². The zero-order valence-corrected chi connectivity index (χ0v) is 12.3. The number of amides is 1. The molecule has 1 aliphatic rings. The first kappa shape index (κ1) is 15.2. The number of halogens is 2. The number of nitrogens with one attached hydrogen (secondary N) is 1. The Bertz CT molecular complexity index is 738. The number of primary amides is 1. The smallest absolute Gasteiger partial charge is 0.252 e. The number of pyridine rings is 1. The summed E-state index contributed by atoms with van der Waals surface area (Å²) in [6.07, 6.45) is 3.75. The van der Waals surface area contributed by atoms with Crippen molar-refractivity contribution in [2.75, 3.05) is 23.3 Å². The molecule has 1 amide bonds.